The first-order valence-electron chi connectivity index (χ1n) is 30.3. The molecule has 9 heterocycles. The molecule has 0 unspecified atom stereocenters. The fourth-order valence-corrected chi connectivity index (χ4v) is 11.7. The van der Waals surface area contributed by atoms with E-state index in [1.165, 1.54) is 0 Å². The fraction of sp³-hybridized carbons (Fsp3) is 0.0952. The first kappa shape index (κ1) is 58.1. The molecule has 6 aliphatic rings. The average Bonchev–Trinajstić information content (AvgIpc) is 1.61. The van der Waals surface area contributed by atoms with E-state index in [9.17, 15) is 0 Å². The predicted octanol–water partition coefficient (Wildman–Crippen LogP) is 13.7. The van der Waals surface area contributed by atoms with E-state index in [1.807, 2.05) is 121 Å². The lowest BCUT2D eigenvalue weighted by Gasteiger charge is -2.25. The molecule has 8 heteroatoms. The molecule has 13 rings (SSSR count). The van der Waals surface area contributed by atoms with Gasteiger partial charge in [-0.1, -0.05) is 144 Å². The van der Waals surface area contributed by atoms with Crippen molar-refractivity contribution in [1.29, 1.82) is 0 Å². The van der Waals surface area contributed by atoms with Gasteiger partial charge in [-0.3, -0.25) is 0 Å². The first-order chi connectivity index (χ1) is 45.4. The van der Waals surface area contributed by atoms with Crippen molar-refractivity contribution in [1.82, 2.24) is 39.5 Å². The van der Waals surface area contributed by atoms with Crippen LogP contribution < -0.4 is 0 Å². The third kappa shape index (κ3) is 12.7. The maximum atomic E-state index is 6.03. The molecule has 0 atom stereocenters. The zero-order chi connectivity index (χ0) is 62.6. The molecule has 0 fully saturated rings. The first-order valence-corrected chi connectivity index (χ1v) is 30.3. The lowest BCUT2D eigenvalue weighted by molar-refractivity contribution is 0.442. The second-order valence-corrected chi connectivity index (χ2v) is 22.1. The van der Waals surface area contributed by atoms with Crippen molar-refractivity contribution in [2.24, 2.45) is 0 Å². The maximum absolute atomic E-state index is 6.03. The number of hydrogen-bond donors (Lipinski definition) is 2. The Kier molecular flexibility index (Phi) is 17.1. The molecule has 92 heavy (non-hydrogen) atoms. The molecule has 0 radical (unpaired) electrons. The van der Waals surface area contributed by atoms with Gasteiger partial charge in [-0.15, -0.1) is 25.7 Å². The van der Waals surface area contributed by atoms with E-state index in [-0.39, 0.29) is 0 Å². The van der Waals surface area contributed by atoms with Crippen molar-refractivity contribution < 1.29 is 0 Å². The number of rotatable bonds is 8. The monoisotopic (exact) mass is 1180 g/mol. The van der Waals surface area contributed by atoms with Gasteiger partial charge < -0.3 is 29.6 Å². The molecule has 0 saturated heterocycles. The van der Waals surface area contributed by atoms with Crippen LogP contribution in [0.1, 0.15) is 67.3 Å². The molecular formula is C84H58N8. The molecule has 3 aromatic heterocycles. The number of hydrogen-bond acceptors (Lipinski definition) is 6. The summed E-state index contributed by atoms with van der Waals surface area (Å²) >= 11 is 0. The van der Waals surface area contributed by atoms with Gasteiger partial charge in [0.2, 0.25) is 0 Å². The van der Waals surface area contributed by atoms with Crippen molar-refractivity contribution in [2.75, 3.05) is 52.4 Å². The molecule has 7 aromatic rings. The molecule has 0 spiro atoms. The van der Waals surface area contributed by atoms with E-state index in [4.69, 9.17) is 35.7 Å². The Balaban J connectivity index is 1.10. The smallest absolute Gasteiger partial charge is 0.0899 e. The Labute approximate surface area is 538 Å². The normalized spacial score (nSPS) is 14.5. The average molecular weight is 1180 g/mol. The summed E-state index contributed by atoms with van der Waals surface area (Å²) in [6, 6.07) is 48.5. The second-order valence-electron chi connectivity index (χ2n) is 22.1. The van der Waals surface area contributed by atoms with Crippen molar-refractivity contribution in [3.05, 3.63) is 284 Å². The lowest BCUT2D eigenvalue weighted by Crippen LogP contribution is -2.25. The number of fused-ring (bicyclic) bond motifs is 8. The highest BCUT2D eigenvalue weighted by Gasteiger charge is 2.26. The molecule has 8 bridgehead atoms. The van der Waals surface area contributed by atoms with Crippen molar-refractivity contribution in [3.8, 4) is 96.7 Å². The highest BCUT2D eigenvalue weighted by molar-refractivity contribution is 6.00. The number of aromatic amines is 2. The molecule has 8 nitrogen and oxygen atoms in total. The van der Waals surface area contributed by atoms with Crippen LogP contribution in [0.15, 0.2) is 217 Å². The summed E-state index contributed by atoms with van der Waals surface area (Å²) in [6.45, 7) is 3.58. The topological polar surface area (TPSA) is 70.3 Å². The summed E-state index contributed by atoms with van der Waals surface area (Å²) < 4.78 is 0. The highest BCUT2D eigenvalue weighted by atomic mass is 15.1. The summed E-state index contributed by atoms with van der Waals surface area (Å²) in [5.41, 5.74) is 20.2. The standard InChI is InChI=1S/C84H58N8/c1-5-49-89-53-45-65(57-69(89)33-29-61-21-13-9-14-22-61)81-73-37-39-75(85-73)82(66-46-54-90(50-6-2)70(58-66)34-30-62-23-15-10-16-24-62)77-41-43-79(87-77)84(68-48-56-92(52-8-4)72(60-68)36-32-64-27-19-12-20-28-64)80-44-42-78(88-80)83(76-40-38-74(81)86-76)67-47-55-91(51-7-3)71(59-67)35-31-63-25-17-11-18-26-63/h1-4,9-28,37-48,57-60,85,88H,49-56H2. The van der Waals surface area contributed by atoms with Crippen molar-refractivity contribution in [3.63, 3.8) is 0 Å². The van der Waals surface area contributed by atoms with Crippen LogP contribution in [0.25, 0.3) is 68.7 Å². The van der Waals surface area contributed by atoms with Crippen LogP contribution in [0.4, 0.5) is 0 Å². The van der Waals surface area contributed by atoms with Crippen LogP contribution in [0.5, 0.6) is 0 Å². The zero-order valence-corrected chi connectivity index (χ0v) is 50.4. The van der Waals surface area contributed by atoms with Crippen LogP contribution in [0, 0.1) is 96.7 Å². The molecule has 4 aromatic carbocycles. The zero-order valence-electron chi connectivity index (χ0n) is 50.4. The third-order valence-corrected chi connectivity index (χ3v) is 16.1. The Hall–Kier alpha value is -12.9. The van der Waals surface area contributed by atoms with E-state index < -0.39 is 0 Å². The molecule has 0 amide bonds. The van der Waals surface area contributed by atoms with Crippen LogP contribution >= 0.6 is 0 Å². The minimum absolute atomic E-state index is 0.377. The van der Waals surface area contributed by atoms with Crippen LogP contribution in [-0.2, 0) is 0 Å². The van der Waals surface area contributed by atoms with Gasteiger partial charge in [-0.25, -0.2) is 9.97 Å². The van der Waals surface area contributed by atoms with Crippen LogP contribution in [0.3, 0.4) is 0 Å². The van der Waals surface area contributed by atoms with E-state index in [0.29, 0.717) is 52.4 Å². The highest BCUT2D eigenvalue weighted by Crippen LogP contribution is 2.39. The molecule has 434 valence electrons. The minimum Gasteiger partial charge on any atom is -0.354 e. The van der Waals surface area contributed by atoms with Gasteiger partial charge in [0.05, 0.1) is 71.7 Å². The molecule has 6 aliphatic heterocycles. The molecule has 0 saturated carbocycles. The number of nitrogens with one attached hydrogen (secondary N) is 2. The van der Waals surface area contributed by atoms with E-state index in [2.05, 4.69) is 198 Å². The van der Waals surface area contributed by atoms with E-state index in [1.54, 1.807) is 0 Å². The Morgan fingerprint density at radius 2 is 0.533 bits per heavy atom. The Morgan fingerprint density at radius 3 is 0.750 bits per heavy atom. The SMILES string of the molecule is C#CCN1CC=C(c2c3nc(c(C4=CCN(CC#C)C(C#Cc5ccccc5)=C4)c4ccc([nH]4)c(C4=CCN(CC#C)C(C#Cc5ccccc5)=C4)c4nc(c(C5=CCN(CC#C)C(C#Cc6ccccc6)=C5)c5ccc2[nH]5)C=C4)C=C3)C=C1C#Cc1ccccc1. The van der Waals surface area contributed by atoms with Gasteiger partial charge in [-0.2, -0.15) is 0 Å². The van der Waals surface area contributed by atoms with E-state index >= 15 is 0 Å². The largest absolute Gasteiger partial charge is 0.354 e. The van der Waals surface area contributed by atoms with Crippen LogP contribution in [0.2, 0.25) is 0 Å². The number of allylic oxidation sites excluding steroid dienone is 12. The molecule has 0 aliphatic carbocycles. The number of terminal acetylenes is 4. The summed E-state index contributed by atoms with van der Waals surface area (Å²) in [4.78, 5) is 27.8. The van der Waals surface area contributed by atoms with Gasteiger partial charge in [0.1, 0.15) is 0 Å². The van der Waals surface area contributed by atoms with Gasteiger partial charge >= 0.3 is 0 Å². The number of nitrogens with zero attached hydrogens (tertiary/aromatic N) is 6. The summed E-state index contributed by atoms with van der Waals surface area (Å²) in [5, 5.41) is 0. The summed E-state index contributed by atoms with van der Waals surface area (Å²) in [6.07, 6.45) is 49.9. The number of H-pyrrole nitrogens is 2. The fourth-order valence-electron chi connectivity index (χ4n) is 11.7. The number of benzene rings is 4. The number of aromatic nitrogens is 4. The van der Waals surface area contributed by atoms with Crippen molar-refractivity contribution >= 4 is 68.7 Å². The Morgan fingerprint density at radius 1 is 0.304 bits per heavy atom. The quantitative estimate of drug-likeness (QED) is 0.148. The third-order valence-electron chi connectivity index (χ3n) is 16.1. The molecule has 2 N–H and O–H groups in total. The van der Waals surface area contributed by atoms with Gasteiger partial charge in [0, 0.05) is 92.8 Å². The van der Waals surface area contributed by atoms with Gasteiger partial charge in [-0.05, 0) is 167 Å². The Bertz CT molecular complexity index is 4470. The summed E-state index contributed by atoms with van der Waals surface area (Å²) in [7, 11) is 0. The van der Waals surface area contributed by atoms with Crippen molar-refractivity contribution in [2.45, 2.75) is 0 Å². The van der Waals surface area contributed by atoms with Gasteiger partial charge in [0.25, 0.3) is 0 Å². The van der Waals surface area contributed by atoms with Gasteiger partial charge in [0.15, 0.2) is 0 Å². The maximum Gasteiger partial charge on any atom is 0.0899 e. The predicted molar refractivity (Wildman–Crippen MR) is 378 cm³/mol. The van der Waals surface area contributed by atoms with Crippen LogP contribution in [-0.4, -0.2) is 91.9 Å². The summed E-state index contributed by atoms with van der Waals surface area (Å²) in [5.74, 6) is 39.0. The second kappa shape index (κ2) is 27.0. The van der Waals surface area contributed by atoms with E-state index in [0.717, 1.165) is 134 Å². The lowest BCUT2D eigenvalue weighted by atomic mass is 9.99. The molecular weight excluding hydrogens is 1120 g/mol. The minimum atomic E-state index is 0.377.